The lowest BCUT2D eigenvalue weighted by atomic mass is 10.1. The van der Waals surface area contributed by atoms with Crippen molar-refractivity contribution in [3.63, 3.8) is 0 Å². The van der Waals surface area contributed by atoms with Crippen LogP contribution >= 0.6 is 11.8 Å². The molecule has 0 fully saturated rings. The molecular weight excluding hydrogens is 532 g/mol. The van der Waals surface area contributed by atoms with Gasteiger partial charge in [-0.05, 0) is 36.8 Å². The van der Waals surface area contributed by atoms with Crippen LogP contribution in [0.25, 0.3) is 0 Å². The highest BCUT2D eigenvalue weighted by Gasteiger charge is 2.27. The van der Waals surface area contributed by atoms with Gasteiger partial charge in [0.1, 0.15) is 12.6 Å². The largest absolute Gasteiger partial charge is 0.445 e. The summed E-state index contributed by atoms with van der Waals surface area (Å²) in [6.45, 7) is 0.606. The average Bonchev–Trinajstić information content (AvgIpc) is 2.94. The van der Waals surface area contributed by atoms with Gasteiger partial charge in [-0.15, -0.1) is 0 Å². The molecule has 2 atom stereocenters. The molecule has 40 heavy (non-hydrogen) atoms. The molecule has 2 amide bonds. The molecule has 0 aliphatic rings. The van der Waals surface area contributed by atoms with E-state index in [1.807, 2.05) is 60.7 Å². The number of nitrogens with zero attached hydrogens (tertiary/aromatic N) is 2. The molecule has 0 saturated heterocycles. The van der Waals surface area contributed by atoms with Gasteiger partial charge in [0.15, 0.2) is 11.9 Å². The van der Waals surface area contributed by atoms with E-state index in [9.17, 15) is 14.4 Å². The summed E-state index contributed by atoms with van der Waals surface area (Å²) in [5.41, 5.74) is 23.3. The molecule has 2 rings (SSSR count). The Morgan fingerprint density at radius 1 is 0.750 bits per heavy atom. The van der Waals surface area contributed by atoms with E-state index < -0.39 is 24.1 Å². The molecule has 0 bridgehead atoms. The van der Waals surface area contributed by atoms with E-state index in [-0.39, 0.29) is 36.6 Å². The van der Waals surface area contributed by atoms with Crippen molar-refractivity contribution in [2.75, 3.05) is 13.1 Å². The highest BCUT2D eigenvalue weighted by molar-refractivity contribution is 8.13. The maximum absolute atomic E-state index is 13.3. The molecule has 216 valence electrons. The maximum Gasteiger partial charge on any atom is 0.408 e. The highest BCUT2D eigenvalue weighted by Crippen LogP contribution is 2.17. The van der Waals surface area contributed by atoms with Crippen molar-refractivity contribution in [1.29, 1.82) is 0 Å². The number of thioether (sulfide) groups is 1. The zero-order valence-corrected chi connectivity index (χ0v) is 23.1. The summed E-state index contributed by atoms with van der Waals surface area (Å²) in [5, 5.41) is 5.18. The van der Waals surface area contributed by atoms with Crippen LogP contribution < -0.4 is 33.6 Å². The number of rotatable bonds is 16. The molecule has 0 aliphatic carbocycles. The van der Waals surface area contributed by atoms with Crippen molar-refractivity contribution in [1.82, 2.24) is 10.6 Å². The number of guanidine groups is 2. The van der Waals surface area contributed by atoms with Crippen LogP contribution in [-0.4, -0.2) is 54.2 Å². The van der Waals surface area contributed by atoms with Gasteiger partial charge in [-0.25, -0.2) is 4.79 Å². The first-order valence-corrected chi connectivity index (χ1v) is 13.8. The SMILES string of the molecule is NC(N)=NCCC[C@H](NC(=O)OCc1ccccc1)C(=O)N[C@@H](CCCN=C(N)N)C(=O)SCc1ccccc1. The fourth-order valence-electron chi connectivity index (χ4n) is 3.53. The van der Waals surface area contributed by atoms with Gasteiger partial charge in [-0.1, -0.05) is 72.4 Å². The molecule has 0 saturated carbocycles. The number of carbonyl (C=O) groups excluding carboxylic acids is 3. The number of alkyl carbamates (subject to hydrolysis) is 1. The zero-order valence-electron chi connectivity index (χ0n) is 22.3. The molecule has 0 heterocycles. The van der Waals surface area contributed by atoms with E-state index in [1.165, 1.54) is 0 Å². The quantitative estimate of drug-likeness (QED) is 0.0974. The van der Waals surface area contributed by atoms with E-state index in [1.54, 1.807) is 0 Å². The Morgan fingerprint density at radius 3 is 1.82 bits per heavy atom. The molecule has 0 spiro atoms. The predicted octanol–water partition coefficient (Wildman–Crippen LogP) is 1.33. The molecular formula is C27H38N8O4S. The Balaban J connectivity index is 2.07. The third-order valence-corrected chi connectivity index (χ3v) is 6.58. The summed E-state index contributed by atoms with van der Waals surface area (Å²) in [6, 6.07) is 16.9. The van der Waals surface area contributed by atoms with Crippen molar-refractivity contribution in [2.24, 2.45) is 32.9 Å². The number of aliphatic imine (C=N–C) groups is 2. The van der Waals surface area contributed by atoms with Crippen LogP contribution in [0.2, 0.25) is 0 Å². The topological polar surface area (TPSA) is 213 Å². The van der Waals surface area contributed by atoms with Crippen LogP contribution in [0.15, 0.2) is 70.6 Å². The van der Waals surface area contributed by atoms with Gasteiger partial charge in [0, 0.05) is 18.8 Å². The molecule has 0 aromatic heterocycles. The number of ether oxygens (including phenoxy) is 1. The van der Waals surface area contributed by atoms with E-state index >= 15 is 0 Å². The second-order valence-electron chi connectivity index (χ2n) is 8.81. The van der Waals surface area contributed by atoms with Gasteiger partial charge in [-0.2, -0.15) is 0 Å². The van der Waals surface area contributed by atoms with Crippen LogP contribution in [-0.2, 0) is 26.7 Å². The smallest absolute Gasteiger partial charge is 0.408 e. The number of nitrogens with one attached hydrogen (secondary N) is 2. The number of benzene rings is 2. The summed E-state index contributed by atoms with van der Waals surface area (Å²) < 4.78 is 5.29. The maximum atomic E-state index is 13.3. The molecule has 13 heteroatoms. The summed E-state index contributed by atoms with van der Waals surface area (Å²) >= 11 is 1.10. The van der Waals surface area contributed by atoms with Gasteiger partial charge < -0.3 is 38.3 Å². The first-order chi connectivity index (χ1) is 19.2. The van der Waals surface area contributed by atoms with Gasteiger partial charge in [0.05, 0.1) is 6.04 Å². The minimum Gasteiger partial charge on any atom is -0.445 e. The summed E-state index contributed by atoms with van der Waals surface area (Å²) in [4.78, 5) is 46.8. The number of hydrogen-bond donors (Lipinski definition) is 6. The Bertz CT molecular complexity index is 1120. The summed E-state index contributed by atoms with van der Waals surface area (Å²) in [7, 11) is 0. The Hall–Kier alpha value is -4.26. The van der Waals surface area contributed by atoms with Gasteiger partial charge in [0.2, 0.25) is 11.0 Å². The minimum absolute atomic E-state index is 0.0387. The Labute approximate surface area is 238 Å². The number of hydrogen-bond acceptors (Lipinski definition) is 7. The lowest BCUT2D eigenvalue weighted by Crippen LogP contribution is -2.51. The average molecular weight is 571 g/mol. The molecule has 12 nitrogen and oxygen atoms in total. The molecule has 0 unspecified atom stereocenters. The van der Waals surface area contributed by atoms with Gasteiger partial charge >= 0.3 is 6.09 Å². The van der Waals surface area contributed by atoms with Crippen LogP contribution in [0.4, 0.5) is 4.79 Å². The first-order valence-electron chi connectivity index (χ1n) is 12.8. The molecule has 2 aromatic rings. The van der Waals surface area contributed by atoms with Crippen LogP contribution in [0.3, 0.4) is 0 Å². The van der Waals surface area contributed by atoms with E-state index in [0.29, 0.717) is 31.6 Å². The van der Waals surface area contributed by atoms with Crippen LogP contribution in [0.1, 0.15) is 36.8 Å². The standard InChI is InChI=1S/C27H38N8O4S/c28-25(29)32-15-7-13-21(35-27(38)39-17-19-9-3-1-4-10-19)23(36)34-22(14-8-16-33-26(30)31)24(37)40-18-20-11-5-2-6-12-20/h1-6,9-12,21-22H,7-8,13-18H2,(H,34,36)(H,35,38)(H4,28,29,32)(H4,30,31,33)/t21-,22-/m0/s1. The van der Waals surface area contributed by atoms with Gasteiger partial charge in [0.25, 0.3) is 0 Å². The second-order valence-corrected chi connectivity index (χ2v) is 9.79. The Kier molecular flexibility index (Phi) is 14.5. The fraction of sp³-hybridized carbons (Fsp3) is 0.370. The van der Waals surface area contributed by atoms with Crippen molar-refractivity contribution >= 4 is 40.8 Å². The van der Waals surface area contributed by atoms with Crippen molar-refractivity contribution in [2.45, 2.75) is 50.1 Å². The summed E-state index contributed by atoms with van der Waals surface area (Å²) in [5.74, 6) is -0.198. The molecule has 2 aromatic carbocycles. The highest BCUT2D eigenvalue weighted by atomic mass is 32.2. The van der Waals surface area contributed by atoms with E-state index in [0.717, 1.165) is 22.9 Å². The number of carbonyl (C=O) groups is 3. The molecule has 0 radical (unpaired) electrons. The predicted molar refractivity (Wildman–Crippen MR) is 158 cm³/mol. The van der Waals surface area contributed by atoms with Crippen LogP contribution in [0, 0.1) is 0 Å². The third-order valence-electron chi connectivity index (χ3n) is 5.54. The summed E-state index contributed by atoms with van der Waals surface area (Å²) in [6.07, 6.45) is 0.625. The third kappa shape index (κ3) is 13.5. The number of nitrogens with two attached hydrogens (primary N) is 4. The van der Waals surface area contributed by atoms with Crippen molar-refractivity contribution in [3.8, 4) is 0 Å². The van der Waals surface area contributed by atoms with Crippen molar-refractivity contribution in [3.05, 3.63) is 71.8 Å². The lowest BCUT2D eigenvalue weighted by Gasteiger charge is -2.22. The minimum atomic E-state index is -0.982. The first kappa shape index (κ1) is 32.0. The lowest BCUT2D eigenvalue weighted by molar-refractivity contribution is -0.126. The van der Waals surface area contributed by atoms with E-state index in [2.05, 4.69) is 20.6 Å². The second kappa shape index (κ2) is 18.1. The Morgan fingerprint density at radius 2 is 1.27 bits per heavy atom. The normalized spacial score (nSPS) is 11.9. The molecule has 10 N–H and O–H groups in total. The fourth-order valence-corrected chi connectivity index (χ4v) is 4.41. The van der Waals surface area contributed by atoms with Gasteiger partial charge in [-0.3, -0.25) is 19.6 Å². The monoisotopic (exact) mass is 570 g/mol. The number of amides is 2. The molecule has 0 aliphatic heterocycles. The zero-order chi connectivity index (χ0) is 29.2. The van der Waals surface area contributed by atoms with E-state index in [4.69, 9.17) is 27.7 Å². The van der Waals surface area contributed by atoms with Crippen LogP contribution in [0.5, 0.6) is 0 Å². The van der Waals surface area contributed by atoms with Crippen molar-refractivity contribution < 1.29 is 19.1 Å².